The van der Waals surface area contributed by atoms with Gasteiger partial charge in [-0.15, -0.1) is 0 Å². The fraction of sp³-hybridized carbons (Fsp3) is 0.529. The van der Waals surface area contributed by atoms with Crippen LogP contribution in [0.5, 0.6) is 0 Å². The molecule has 1 aliphatic heterocycles. The van der Waals surface area contributed by atoms with Gasteiger partial charge in [-0.2, -0.15) is 0 Å². The van der Waals surface area contributed by atoms with E-state index in [-0.39, 0.29) is 17.6 Å². The molecule has 1 aliphatic rings. The number of halogens is 1. The molecule has 1 fully saturated rings. The van der Waals surface area contributed by atoms with Crippen LogP contribution in [-0.2, 0) is 4.74 Å². The van der Waals surface area contributed by atoms with Gasteiger partial charge in [0.25, 0.3) is 11.6 Å². The lowest BCUT2D eigenvalue weighted by Crippen LogP contribution is -2.56. The molecule has 8 nitrogen and oxygen atoms in total. The number of ether oxygens (including phenoxy) is 1. The Morgan fingerprint density at radius 1 is 1.31 bits per heavy atom. The van der Waals surface area contributed by atoms with E-state index in [0.29, 0.717) is 29.7 Å². The van der Waals surface area contributed by atoms with Crippen LogP contribution >= 0.6 is 15.9 Å². The Hall–Kier alpha value is -2.16. The fourth-order valence-corrected chi connectivity index (χ4v) is 3.23. The molecule has 1 aromatic rings. The molecular formula is C17H22BrN3O5. The van der Waals surface area contributed by atoms with Crippen molar-refractivity contribution in [2.24, 2.45) is 0 Å². The highest BCUT2D eigenvalue weighted by molar-refractivity contribution is 9.10. The van der Waals surface area contributed by atoms with Crippen molar-refractivity contribution in [3.05, 3.63) is 38.3 Å². The van der Waals surface area contributed by atoms with E-state index >= 15 is 0 Å². The highest BCUT2D eigenvalue weighted by Crippen LogP contribution is 2.25. The average Bonchev–Trinajstić information content (AvgIpc) is 2.52. The maximum atomic E-state index is 12.7. The van der Waals surface area contributed by atoms with Gasteiger partial charge in [0.1, 0.15) is 5.60 Å². The zero-order valence-corrected chi connectivity index (χ0v) is 16.8. The highest BCUT2D eigenvalue weighted by Gasteiger charge is 2.33. The van der Waals surface area contributed by atoms with Crippen molar-refractivity contribution in [3.63, 3.8) is 0 Å². The molecule has 0 bridgehead atoms. The molecule has 2 amide bonds. The first-order valence-corrected chi connectivity index (χ1v) is 9.01. The molecule has 0 radical (unpaired) electrons. The van der Waals surface area contributed by atoms with Crippen LogP contribution in [0.3, 0.4) is 0 Å². The summed E-state index contributed by atoms with van der Waals surface area (Å²) in [5.74, 6) is -0.234. The second-order valence-corrected chi connectivity index (χ2v) is 8.05. The number of nitro benzene ring substituents is 1. The molecule has 2 rings (SSSR count). The van der Waals surface area contributed by atoms with Gasteiger partial charge in [0.15, 0.2) is 0 Å². The number of hydrogen-bond acceptors (Lipinski definition) is 5. The minimum Gasteiger partial charge on any atom is -0.444 e. The normalized spacial score (nSPS) is 17.8. The number of carbonyl (C=O) groups excluding carboxylic acids is 2. The Morgan fingerprint density at radius 3 is 2.46 bits per heavy atom. The minimum absolute atomic E-state index is 0.0865. The molecule has 26 heavy (non-hydrogen) atoms. The van der Waals surface area contributed by atoms with Gasteiger partial charge in [-0.3, -0.25) is 14.9 Å². The Kier molecular flexibility index (Phi) is 5.90. The zero-order chi connectivity index (χ0) is 19.6. The Balaban J connectivity index is 2.07. The third-order valence-electron chi connectivity index (χ3n) is 3.94. The smallest absolute Gasteiger partial charge is 0.410 e. The van der Waals surface area contributed by atoms with Crippen molar-refractivity contribution in [1.29, 1.82) is 0 Å². The van der Waals surface area contributed by atoms with Crippen LogP contribution in [0.2, 0.25) is 0 Å². The summed E-state index contributed by atoms with van der Waals surface area (Å²) < 4.78 is 5.77. The summed E-state index contributed by atoms with van der Waals surface area (Å²) in [6, 6.07) is 3.86. The molecule has 9 heteroatoms. The van der Waals surface area contributed by atoms with Crippen molar-refractivity contribution < 1.29 is 19.2 Å². The predicted molar refractivity (Wildman–Crippen MR) is 99.1 cm³/mol. The third kappa shape index (κ3) is 4.72. The van der Waals surface area contributed by atoms with Crippen molar-refractivity contribution >= 4 is 33.6 Å². The molecule has 1 saturated heterocycles. The quantitative estimate of drug-likeness (QED) is 0.532. The van der Waals surface area contributed by atoms with E-state index in [0.717, 1.165) is 0 Å². The van der Waals surface area contributed by atoms with E-state index in [1.165, 1.54) is 18.2 Å². The van der Waals surface area contributed by atoms with E-state index < -0.39 is 16.6 Å². The molecule has 1 heterocycles. The van der Waals surface area contributed by atoms with Crippen molar-refractivity contribution in [3.8, 4) is 0 Å². The number of hydrogen-bond donors (Lipinski definition) is 0. The molecule has 0 aromatic heterocycles. The SMILES string of the molecule is C[C@@H]1CN(C(=O)c2ccc([N+](=O)[O-])cc2Br)CCN1C(=O)OC(C)(C)C. The van der Waals surface area contributed by atoms with Crippen LogP contribution in [0.25, 0.3) is 0 Å². The van der Waals surface area contributed by atoms with Gasteiger partial charge in [-0.25, -0.2) is 4.79 Å². The number of non-ortho nitro benzene ring substituents is 1. The van der Waals surface area contributed by atoms with Crippen LogP contribution in [0, 0.1) is 10.1 Å². The first kappa shape index (κ1) is 20.2. The maximum Gasteiger partial charge on any atom is 0.410 e. The summed E-state index contributed by atoms with van der Waals surface area (Å²) >= 11 is 3.23. The number of carbonyl (C=O) groups is 2. The van der Waals surface area contributed by atoms with Gasteiger partial charge in [0.05, 0.1) is 10.5 Å². The van der Waals surface area contributed by atoms with Gasteiger partial charge in [0.2, 0.25) is 0 Å². The van der Waals surface area contributed by atoms with E-state index in [1.54, 1.807) is 9.80 Å². The zero-order valence-electron chi connectivity index (χ0n) is 15.2. The third-order valence-corrected chi connectivity index (χ3v) is 4.59. The summed E-state index contributed by atoms with van der Waals surface area (Å²) in [6.07, 6.45) is -0.395. The molecule has 0 spiro atoms. The number of rotatable bonds is 2. The van der Waals surface area contributed by atoms with Crippen molar-refractivity contribution in [2.75, 3.05) is 19.6 Å². The predicted octanol–water partition coefficient (Wildman–Crippen LogP) is 3.44. The molecule has 1 atom stereocenters. The molecular weight excluding hydrogens is 406 g/mol. The number of nitro groups is 1. The molecule has 0 N–H and O–H groups in total. The molecule has 1 aromatic carbocycles. The lowest BCUT2D eigenvalue weighted by molar-refractivity contribution is -0.384. The first-order chi connectivity index (χ1) is 12.0. The van der Waals surface area contributed by atoms with E-state index in [1.807, 2.05) is 27.7 Å². The van der Waals surface area contributed by atoms with Crippen LogP contribution in [-0.4, -0.2) is 58.0 Å². The van der Waals surface area contributed by atoms with Crippen LogP contribution < -0.4 is 0 Å². The highest BCUT2D eigenvalue weighted by atomic mass is 79.9. The maximum absolute atomic E-state index is 12.7. The fourth-order valence-electron chi connectivity index (χ4n) is 2.70. The largest absolute Gasteiger partial charge is 0.444 e. The summed E-state index contributed by atoms with van der Waals surface area (Å²) in [7, 11) is 0. The van der Waals surface area contributed by atoms with E-state index in [4.69, 9.17) is 4.74 Å². The number of amides is 2. The Labute approximate surface area is 160 Å². The van der Waals surface area contributed by atoms with Crippen LogP contribution in [0.15, 0.2) is 22.7 Å². The average molecular weight is 428 g/mol. The lowest BCUT2D eigenvalue weighted by Gasteiger charge is -2.40. The topological polar surface area (TPSA) is 93.0 Å². The van der Waals surface area contributed by atoms with Gasteiger partial charge in [0, 0.05) is 42.3 Å². The van der Waals surface area contributed by atoms with E-state index in [2.05, 4.69) is 15.9 Å². The summed E-state index contributed by atoms with van der Waals surface area (Å²) in [4.78, 5) is 38.6. The summed E-state index contributed by atoms with van der Waals surface area (Å²) in [5.41, 5.74) is -0.307. The Morgan fingerprint density at radius 2 is 1.96 bits per heavy atom. The molecule has 142 valence electrons. The molecule has 0 saturated carbocycles. The standard InChI is InChI=1S/C17H22BrN3O5/c1-11-10-19(7-8-20(11)16(23)26-17(2,3)4)15(22)13-6-5-12(21(24)25)9-14(13)18/h5-6,9,11H,7-8,10H2,1-4H3/t11-/m1/s1. The number of piperazine rings is 1. The van der Waals surface area contributed by atoms with Crippen molar-refractivity contribution in [2.45, 2.75) is 39.3 Å². The van der Waals surface area contributed by atoms with Crippen LogP contribution in [0.1, 0.15) is 38.1 Å². The minimum atomic E-state index is -0.576. The second-order valence-electron chi connectivity index (χ2n) is 7.20. The van der Waals surface area contributed by atoms with Crippen LogP contribution in [0.4, 0.5) is 10.5 Å². The summed E-state index contributed by atoms with van der Waals surface area (Å²) in [6.45, 7) is 8.37. The van der Waals surface area contributed by atoms with Gasteiger partial charge in [-0.05, 0) is 49.7 Å². The molecule has 0 aliphatic carbocycles. The monoisotopic (exact) mass is 427 g/mol. The molecule has 0 unspecified atom stereocenters. The number of benzene rings is 1. The number of nitrogens with zero attached hydrogens (tertiary/aromatic N) is 3. The first-order valence-electron chi connectivity index (χ1n) is 8.22. The second kappa shape index (κ2) is 7.61. The van der Waals surface area contributed by atoms with Gasteiger partial charge >= 0.3 is 6.09 Å². The van der Waals surface area contributed by atoms with E-state index in [9.17, 15) is 19.7 Å². The summed E-state index contributed by atoms with van der Waals surface area (Å²) in [5, 5.41) is 10.8. The van der Waals surface area contributed by atoms with Gasteiger partial charge < -0.3 is 14.5 Å². The van der Waals surface area contributed by atoms with Crippen molar-refractivity contribution in [1.82, 2.24) is 9.80 Å². The van der Waals surface area contributed by atoms with Gasteiger partial charge in [-0.1, -0.05) is 0 Å². The Bertz CT molecular complexity index is 732. The lowest BCUT2D eigenvalue weighted by atomic mass is 10.1.